The fourth-order valence-corrected chi connectivity index (χ4v) is 1.15. The summed E-state index contributed by atoms with van der Waals surface area (Å²) in [5.74, 6) is 0. The molecule has 0 fully saturated rings. The lowest BCUT2D eigenvalue weighted by Crippen LogP contribution is -2.25. The molecule has 0 heterocycles. The molecule has 0 saturated carbocycles. The summed E-state index contributed by atoms with van der Waals surface area (Å²) < 4.78 is 0. The number of aliphatic hydroxyl groups excluding tert-OH is 3. The number of aliphatic hydroxyl groups is 3. The Morgan fingerprint density at radius 3 is 2.08 bits per heavy atom. The quantitative estimate of drug-likeness (QED) is 0.500. The molecule has 12 heavy (non-hydrogen) atoms. The van der Waals surface area contributed by atoms with E-state index in [1.807, 2.05) is 6.92 Å². The summed E-state index contributed by atoms with van der Waals surface area (Å²) in [6, 6.07) is 0. The fourth-order valence-electron chi connectivity index (χ4n) is 1.15. The van der Waals surface area contributed by atoms with Gasteiger partial charge in [0.15, 0.2) is 0 Å². The minimum absolute atomic E-state index is 0.163. The van der Waals surface area contributed by atoms with Gasteiger partial charge in [0, 0.05) is 6.61 Å². The Balaban J connectivity index is 3.35. The molecule has 74 valence electrons. The van der Waals surface area contributed by atoms with Crippen molar-refractivity contribution in [1.29, 1.82) is 0 Å². The Morgan fingerprint density at radius 1 is 1.00 bits per heavy atom. The average Bonchev–Trinajstić information content (AvgIpc) is 2.05. The molecule has 0 rings (SSSR count). The molecular formula is C9H20O3. The SMILES string of the molecule is CCC[C@H](O)[C@H](O)CCCCO. The van der Waals surface area contributed by atoms with Crippen LogP contribution in [0.25, 0.3) is 0 Å². The van der Waals surface area contributed by atoms with Crippen LogP contribution in [0.1, 0.15) is 39.0 Å². The van der Waals surface area contributed by atoms with Crippen molar-refractivity contribution in [1.82, 2.24) is 0 Å². The zero-order chi connectivity index (χ0) is 9.40. The van der Waals surface area contributed by atoms with Crippen molar-refractivity contribution >= 4 is 0 Å². The van der Waals surface area contributed by atoms with Crippen LogP contribution in [0.5, 0.6) is 0 Å². The molecule has 0 unspecified atom stereocenters. The Hall–Kier alpha value is -0.120. The summed E-state index contributed by atoms with van der Waals surface area (Å²) >= 11 is 0. The first-order valence-corrected chi connectivity index (χ1v) is 4.69. The Kier molecular flexibility index (Phi) is 7.45. The van der Waals surface area contributed by atoms with Gasteiger partial charge in [-0.25, -0.2) is 0 Å². The van der Waals surface area contributed by atoms with E-state index in [9.17, 15) is 10.2 Å². The van der Waals surface area contributed by atoms with Gasteiger partial charge in [0.2, 0.25) is 0 Å². The standard InChI is InChI=1S/C9H20O3/c1-2-5-8(11)9(12)6-3-4-7-10/h8-12H,2-7H2,1H3/t8-,9+/m0/s1. The van der Waals surface area contributed by atoms with E-state index in [-0.39, 0.29) is 6.61 Å². The lowest BCUT2D eigenvalue weighted by atomic mass is 10.0. The minimum Gasteiger partial charge on any atom is -0.396 e. The Bertz CT molecular complexity index is 95.8. The van der Waals surface area contributed by atoms with Crippen molar-refractivity contribution in [2.75, 3.05) is 6.61 Å². The first-order valence-electron chi connectivity index (χ1n) is 4.69. The predicted octanol–water partition coefficient (Wildman–Crippen LogP) is 0.671. The van der Waals surface area contributed by atoms with Gasteiger partial charge < -0.3 is 15.3 Å². The highest BCUT2D eigenvalue weighted by Gasteiger charge is 2.13. The molecule has 0 amide bonds. The van der Waals surface area contributed by atoms with Gasteiger partial charge in [-0.1, -0.05) is 13.3 Å². The topological polar surface area (TPSA) is 60.7 Å². The molecule has 3 heteroatoms. The molecule has 0 bridgehead atoms. The van der Waals surface area contributed by atoms with E-state index >= 15 is 0 Å². The maximum absolute atomic E-state index is 9.34. The molecule has 0 aromatic heterocycles. The van der Waals surface area contributed by atoms with Crippen LogP contribution < -0.4 is 0 Å². The van der Waals surface area contributed by atoms with Crippen LogP contribution in [0.15, 0.2) is 0 Å². The van der Waals surface area contributed by atoms with E-state index in [0.29, 0.717) is 19.3 Å². The van der Waals surface area contributed by atoms with Crippen LogP contribution >= 0.6 is 0 Å². The van der Waals surface area contributed by atoms with Crippen molar-refractivity contribution in [2.45, 2.75) is 51.2 Å². The zero-order valence-electron chi connectivity index (χ0n) is 7.74. The second-order valence-electron chi connectivity index (χ2n) is 3.14. The van der Waals surface area contributed by atoms with Gasteiger partial charge in [-0.15, -0.1) is 0 Å². The predicted molar refractivity (Wildman–Crippen MR) is 47.9 cm³/mol. The Morgan fingerprint density at radius 2 is 1.58 bits per heavy atom. The summed E-state index contributed by atoms with van der Waals surface area (Å²) in [6.07, 6.45) is 2.40. The number of unbranched alkanes of at least 4 members (excludes halogenated alkanes) is 1. The molecule has 0 aliphatic rings. The normalized spacial score (nSPS) is 16.0. The second kappa shape index (κ2) is 7.53. The summed E-state index contributed by atoms with van der Waals surface area (Å²) in [7, 11) is 0. The van der Waals surface area contributed by atoms with Crippen molar-refractivity contribution < 1.29 is 15.3 Å². The van der Waals surface area contributed by atoms with E-state index in [1.54, 1.807) is 0 Å². The van der Waals surface area contributed by atoms with Crippen LogP contribution in [-0.4, -0.2) is 34.1 Å². The number of hydrogen-bond acceptors (Lipinski definition) is 3. The number of rotatable bonds is 7. The van der Waals surface area contributed by atoms with Crippen molar-refractivity contribution in [3.05, 3.63) is 0 Å². The van der Waals surface area contributed by atoms with Gasteiger partial charge in [0.05, 0.1) is 12.2 Å². The molecule has 0 aliphatic heterocycles. The average molecular weight is 176 g/mol. The first-order chi connectivity index (χ1) is 5.72. The van der Waals surface area contributed by atoms with Gasteiger partial charge in [0.1, 0.15) is 0 Å². The van der Waals surface area contributed by atoms with Gasteiger partial charge in [-0.05, 0) is 25.7 Å². The van der Waals surface area contributed by atoms with E-state index in [1.165, 1.54) is 0 Å². The van der Waals surface area contributed by atoms with Crippen molar-refractivity contribution in [2.24, 2.45) is 0 Å². The van der Waals surface area contributed by atoms with Crippen LogP contribution in [0.4, 0.5) is 0 Å². The highest BCUT2D eigenvalue weighted by atomic mass is 16.3. The largest absolute Gasteiger partial charge is 0.396 e. The zero-order valence-corrected chi connectivity index (χ0v) is 7.74. The molecular weight excluding hydrogens is 156 g/mol. The summed E-state index contributed by atoms with van der Waals surface area (Å²) in [5.41, 5.74) is 0. The van der Waals surface area contributed by atoms with E-state index in [2.05, 4.69) is 0 Å². The third-order valence-corrected chi connectivity index (χ3v) is 1.94. The van der Waals surface area contributed by atoms with Crippen molar-refractivity contribution in [3.63, 3.8) is 0 Å². The molecule has 0 aromatic carbocycles. The fraction of sp³-hybridized carbons (Fsp3) is 1.00. The van der Waals surface area contributed by atoms with Gasteiger partial charge in [-0.2, -0.15) is 0 Å². The summed E-state index contributed by atoms with van der Waals surface area (Å²) in [4.78, 5) is 0. The van der Waals surface area contributed by atoms with E-state index < -0.39 is 12.2 Å². The molecule has 0 saturated heterocycles. The maximum atomic E-state index is 9.34. The van der Waals surface area contributed by atoms with Crippen LogP contribution in [-0.2, 0) is 0 Å². The third-order valence-electron chi connectivity index (χ3n) is 1.94. The summed E-state index contributed by atoms with van der Waals surface area (Å²) in [6.45, 7) is 2.14. The van der Waals surface area contributed by atoms with E-state index in [4.69, 9.17) is 5.11 Å². The van der Waals surface area contributed by atoms with Gasteiger partial charge >= 0.3 is 0 Å². The van der Waals surface area contributed by atoms with Crippen LogP contribution in [0.3, 0.4) is 0 Å². The Labute approximate surface area is 74.0 Å². The monoisotopic (exact) mass is 176 g/mol. The third kappa shape index (κ3) is 5.52. The number of hydrogen-bond donors (Lipinski definition) is 3. The maximum Gasteiger partial charge on any atom is 0.0799 e. The lowest BCUT2D eigenvalue weighted by Gasteiger charge is -2.16. The first kappa shape index (κ1) is 11.9. The highest BCUT2D eigenvalue weighted by molar-refractivity contribution is 4.66. The molecule has 0 aromatic rings. The molecule has 3 nitrogen and oxygen atoms in total. The van der Waals surface area contributed by atoms with Gasteiger partial charge in [-0.3, -0.25) is 0 Å². The van der Waals surface area contributed by atoms with E-state index in [0.717, 1.165) is 12.8 Å². The molecule has 0 radical (unpaired) electrons. The molecule has 0 spiro atoms. The smallest absolute Gasteiger partial charge is 0.0799 e. The molecule has 0 aliphatic carbocycles. The van der Waals surface area contributed by atoms with Crippen molar-refractivity contribution in [3.8, 4) is 0 Å². The van der Waals surface area contributed by atoms with Crippen LogP contribution in [0, 0.1) is 0 Å². The molecule has 3 N–H and O–H groups in total. The minimum atomic E-state index is -0.614. The summed E-state index contributed by atoms with van der Waals surface area (Å²) in [5, 5.41) is 27.1. The van der Waals surface area contributed by atoms with Crippen LogP contribution in [0.2, 0.25) is 0 Å². The highest BCUT2D eigenvalue weighted by Crippen LogP contribution is 2.08. The second-order valence-corrected chi connectivity index (χ2v) is 3.14. The lowest BCUT2D eigenvalue weighted by molar-refractivity contribution is 0.00768. The molecule has 2 atom stereocenters. The van der Waals surface area contributed by atoms with Gasteiger partial charge in [0.25, 0.3) is 0 Å².